The Morgan fingerprint density at radius 3 is 1.83 bits per heavy atom. The third-order valence-electron chi connectivity index (χ3n) is 7.37. The Morgan fingerprint density at radius 1 is 0.514 bits per heavy atom. The number of hydrogen-bond acceptors (Lipinski definition) is 0. The van der Waals surface area contributed by atoms with Gasteiger partial charge in [0.1, 0.15) is 16.7 Å². The van der Waals surface area contributed by atoms with Crippen molar-refractivity contribution >= 4 is 33.3 Å². The monoisotopic (exact) mass is 449 g/mol. The van der Waals surface area contributed by atoms with Crippen molar-refractivity contribution in [3.8, 4) is 22.3 Å². The number of benzene rings is 5. The molecule has 6 aromatic rings. The molecule has 166 valence electrons. The van der Waals surface area contributed by atoms with Gasteiger partial charge < -0.3 is 0 Å². The Kier molecular flexibility index (Phi) is 4.31. The summed E-state index contributed by atoms with van der Waals surface area (Å²) < 4.78 is 4.85. The lowest BCUT2D eigenvalue weighted by molar-refractivity contribution is -0.405. The molecular formula is C33H25N2+. The molecule has 0 saturated heterocycles. The summed E-state index contributed by atoms with van der Waals surface area (Å²) >= 11 is 0. The van der Waals surface area contributed by atoms with Crippen molar-refractivity contribution in [1.82, 2.24) is 4.57 Å². The molecule has 0 atom stereocenters. The van der Waals surface area contributed by atoms with Gasteiger partial charge in [-0.3, -0.25) is 0 Å². The van der Waals surface area contributed by atoms with Crippen LogP contribution in [0.4, 0.5) is 5.69 Å². The summed E-state index contributed by atoms with van der Waals surface area (Å²) in [7, 11) is 2.21. The summed E-state index contributed by atoms with van der Waals surface area (Å²) in [6.07, 6.45) is 0. The molecule has 35 heavy (non-hydrogen) atoms. The molecule has 0 spiro atoms. The highest BCUT2D eigenvalue weighted by atomic mass is 15.2. The minimum Gasteiger partial charge on any atom is -0.229 e. The first kappa shape index (κ1) is 20.0. The van der Waals surface area contributed by atoms with Crippen LogP contribution in [0.2, 0.25) is 0 Å². The first-order chi connectivity index (χ1) is 17.2. The Balaban J connectivity index is 1.73. The second-order valence-corrected chi connectivity index (χ2v) is 9.31. The van der Waals surface area contributed by atoms with Crippen molar-refractivity contribution in [3.63, 3.8) is 0 Å². The van der Waals surface area contributed by atoms with Gasteiger partial charge in [-0.25, -0.2) is 4.58 Å². The molecule has 0 radical (unpaired) electrons. The number of hydrogen-bond donors (Lipinski definition) is 0. The van der Waals surface area contributed by atoms with Gasteiger partial charge in [-0.05, 0) is 59.5 Å². The molecule has 1 aliphatic heterocycles. The fourth-order valence-corrected chi connectivity index (χ4v) is 5.83. The lowest BCUT2D eigenvalue weighted by Crippen LogP contribution is -2.25. The Labute approximate surface area is 205 Å². The van der Waals surface area contributed by atoms with Crippen LogP contribution in [0.25, 0.3) is 44.1 Å². The van der Waals surface area contributed by atoms with E-state index >= 15 is 0 Å². The third kappa shape index (κ3) is 2.80. The quantitative estimate of drug-likeness (QED) is 0.207. The van der Waals surface area contributed by atoms with E-state index in [0.717, 1.165) is 0 Å². The van der Waals surface area contributed by atoms with Gasteiger partial charge in [0.25, 0.3) is 5.84 Å². The fourth-order valence-electron chi connectivity index (χ4n) is 5.83. The van der Waals surface area contributed by atoms with E-state index in [1.54, 1.807) is 0 Å². The topological polar surface area (TPSA) is 7.94 Å². The lowest BCUT2D eigenvalue weighted by atomic mass is 9.89. The molecular weight excluding hydrogens is 424 g/mol. The second kappa shape index (κ2) is 7.54. The Hall–Kier alpha value is -4.43. The van der Waals surface area contributed by atoms with Crippen molar-refractivity contribution in [2.24, 2.45) is 0 Å². The molecule has 1 aromatic heterocycles. The number of rotatable bonds is 0. The zero-order valence-corrected chi connectivity index (χ0v) is 19.9. The number of fused-ring (bicyclic) bond motifs is 8. The second-order valence-electron chi connectivity index (χ2n) is 9.31. The van der Waals surface area contributed by atoms with E-state index in [-0.39, 0.29) is 0 Å². The summed E-state index contributed by atoms with van der Waals surface area (Å²) in [6.45, 7) is 2.22. The van der Waals surface area contributed by atoms with Crippen LogP contribution in [-0.2, 0) is 0 Å². The molecule has 0 bridgehead atoms. The van der Waals surface area contributed by atoms with Crippen LogP contribution >= 0.6 is 0 Å². The highest BCUT2D eigenvalue weighted by molar-refractivity contribution is 6.19. The summed E-state index contributed by atoms with van der Waals surface area (Å²) in [4.78, 5) is 0. The lowest BCUT2D eigenvalue weighted by Gasteiger charge is -2.21. The van der Waals surface area contributed by atoms with Crippen molar-refractivity contribution < 1.29 is 4.58 Å². The molecule has 1 aliphatic rings. The molecule has 2 heteroatoms. The smallest absolute Gasteiger partial charge is 0.229 e. The van der Waals surface area contributed by atoms with Crippen LogP contribution in [0.3, 0.4) is 0 Å². The summed E-state index contributed by atoms with van der Waals surface area (Å²) in [5, 5.41) is 2.56. The van der Waals surface area contributed by atoms with E-state index in [0.29, 0.717) is 0 Å². The first-order valence-electron chi connectivity index (χ1n) is 12.1. The van der Waals surface area contributed by atoms with E-state index in [9.17, 15) is 0 Å². The predicted molar refractivity (Wildman–Crippen MR) is 147 cm³/mol. The SMILES string of the molecule is Cc1cccc2c3ccccc3n(C3=[N+](C)c4ccccc4-c4ccccc4-c4ccccc43)c12. The van der Waals surface area contributed by atoms with E-state index in [2.05, 4.69) is 138 Å². The van der Waals surface area contributed by atoms with Gasteiger partial charge in [0.15, 0.2) is 0 Å². The van der Waals surface area contributed by atoms with Crippen molar-refractivity contribution in [2.45, 2.75) is 6.92 Å². The van der Waals surface area contributed by atoms with Gasteiger partial charge in [0, 0.05) is 16.3 Å². The molecule has 0 saturated carbocycles. The molecule has 0 amide bonds. The largest absolute Gasteiger partial charge is 0.295 e. The number of aromatic nitrogens is 1. The average molecular weight is 450 g/mol. The highest BCUT2D eigenvalue weighted by Gasteiger charge is 2.31. The summed E-state index contributed by atoms with van der Waals surface area (Å²) in [6, 6.07) is 41.8. The number of aryl methyl sites for hydroxylation is 1. The number of para-hydroxylation sites is 3. The number of nitrogens with zero attached hydrogens (tertiary/aromatic N) is 2. The third-order valence-corrected chi connectivity index (χ3v) is 7.37. The maximum Gasteiger partial charge on any atom is 0.295 e. The molecule has 5 aromatic carbocycles. The highest BCUT2D eigenvalue weighted by Crippen LogP contribution is 2.42. The molecule has 7 rings (SSSR count). The Bertz CT molecular complexity index is 1820. The predicted octanol–water partition coefficient (Wildman–Crippen LogP) is 8.02. The first-order valence-corrected chi connectivity index (χ1v) is 12.1. The average Bonchev–Trinajstić information content (AvgIpc) is 3.24. The van der Waals surface area contributed by atoms with E-state index < -0.39 is 0 Å². The Morgan fingerprint density at radius 2 is 1.06 bits per heavy atom. The van der Waals surface area contributed by atoms with E-state index in [1.165, 1.54) is 66.7 Å². The van der Waals surface area contributed by atoms with E-state index in [4.69, 9.17) is 0 Å². The van der Waals surface area contributed by atoms with Crippen LogP contribution in [0, 0.1) is 6.92 Å². The zero-order valence-electron chi connectivity index (χ0n) is 19.9. The van der Waals surface area contributed by atoms with Gasteiger partial charge in [0.05, 0.1) is 12.6 Å². The normalized spacial score (nSPS) is 12.7. The molecule has 2 heterocycles. The summed E-state index contributed by atoms with van der Waals surface area (Å²) in [5.41, 5.74) is 11.2. The van der Waals surface area contributed by atoms with Gasteiger partial charge in [0.2, 0.25) is 0 Å². The van der Waals surface area contributed by atoms with E-state index in [1.807, 2.05) is 0 Å². The van der Waals surface area contributed by atoms with Crippen LogP contribution < -0.4 is 0 Å². The minimum atomic E-state index is 1.17. The van der Waals surface area contributed by atoms with Crippen molar-refractivity contribution in [3.05, 3.63) is 126 Å². The molecule has 0 fully saturated rings. The van der Waals surface area contributed by atoms with Crippen LogP contribution in [0.1, 0.15) is 11.1 Å². The minimum absolute atomic E-state index is 1.17. The molecule has 0 N–H and O–H groups in total. The van der Waals surface area contributed by atoms with Crippen molar-refractivity contribution in [1.29, 1.82) is 0 Å². The van der Waals surface area contributed by atoms with Crippen LogP contribution in [0.15, 0.2) is 115 Å². The van der Waals surface area contributed by atoms with Crippen molar-refractivity contribution in [2.75, 3.05) is 7.05 Å². The van der Waals surface area contributed by atoms with Gasteiger partial charge in [-0.1, -0.05) is 84.9 Å². The fraction of sp³-hybridized carbons (Fsp3) is 0.0606. The van der Waals surface area contributed by atoms with Gasteiger partial charge >= 0.3 is 0 Å². The zero-order chi connectivity index (χ0) is 23.5. The summed E-state index contributed by atoms with van der Waals surface area (Å²) in [5.74, 6) is 1.17. The maximum atomic E-state index is 2.48. The maximum absolute atomic E-state index is 2.48. The molecule has 0 unspecified atom stereocenters. The standard InChI is InChI=1S/C33H25N2/c1-22-12-11-19-28-27-17-8-10-21-31(27)35(32(22)28)33-29-18-6-5-15-25(29)23-13-3-4-14-24(23)26-16-7-9-20-30(26)34(33)2/h3-21H,1-2H3/q+1. The molecule has 0 aliphatic carbocycles. The van der Waals surface area contributed by atoms with Crippen LogP contribution in [-0.4, -0.2) is 22.0 Å². The van der Waals surface area contributed by atoms with Gasteiger partial charge in [-0.2, -0.15) is 4.57 Å². The van der Waals surface area contributed by atoms with Crippen LogP contribution in [0.5, 0.6) is 0 Å². The molecule has 2 nitrogen and oxygen atoms in total. The van der Waals surface area contributed by atoms with Gasteiger partial charge in [-0.15, -0.1) is 0 Å².